The van der Waals surface area contributed by atoms with E-state index in [2.05, 4.69) is 6.92 Å². The molecule has 3 atom stereocenters. The van der Waals surface area contributed by atoms with Gasteiger partial charge in [0.05, 0.1) is 12.2 Å². The summed E-state index contributed by atoms with van der Waals surface area (Å²) in [6, 6.07) is 0. The van der Waals surface area contributed by atoms with Gasteiger partial charge in [-0.3, -0.25) is 0 Å². The maximum atomic E-state index is 6.21. The Balaban J connectivity index is 2.12. The molecule has 2 bridgehead atoms. The zero-order valence-electron chi connectivity index (χ0n) is 7.18. The van der Waals surface area contributed by atoms with Crippen molar-refractivity contribution in [3.63, 3.8) is 0 Å². The summed E-state index contributed by atoms with van der Waals surface area (Å²) in [5, 5.41) is 0. The zero-order chi connectivity index (χ0) is 7.90. The first-order chi connectivity index (χ1) is 5.24. The lowest BCUT2D eigenvalue weighted by molar-refractivity contribution is -0.0464. The molecule has 64 valence electrons. The largest absolute Gasteiger partial charge is 0.373 e. The highest BCUT2D eigenvalue weighted by molar-refractivity contribution is 4.99. The molecule has 2 N–H and O–H groups in total. The molecular weight excluding hydrogens is 138 g/mol. The topological polar surface area (TPSA) is 35.2 Å². The number of hydrogen-bond acceptors (Lipinski definition) is 2. The quantitative estimate of drug-likeness (QED) is 0.621. The Hall–Kier alpha value is -0.0800. The molecule has 2 aliphatic rings. The summed E-state index contributed by atoms with van der Waals surface area (Å²) >= 11 is 0. The fraction of sp³-hybridized carbons (Fsp3) is 1.00. The van der Waals surface area contributed by atoms with E-state index < -0.39 is 0 Å². The molecule has 2 saturated heterocycles. The van der Waals surface area contributed by atoms with Crippen molar-refractivity contribution in [3.8, 4) is 0 Å². The van der Waals surface area contributed by atoms with E-state index >= 15 is 0 Å². The van der Waals surface area contributed by atoms with Crippen molar-refractivity contribution in [1.29, 1.82) is 0 Å². The number of hydrogen-bond donors (Lipinski definition) is 1. The minimum Gasteiger partial charge on any atom is -0.373 e. The third-order valence-electron chi connectivity index (χ3n) is 3.34. The minimum atomic E-state index is 0.00694. The van der Waals surface area contributed by atoms with Gasteiger partial charge in [0.1, 0.15) is 0 Å². The van der Waals surface area contributed by atoms with Gasteiger partial charge in [0.2, 0.25) is 0 Å². The van der Waals surface area contributed by atoms with Gasteiger partial charge in [-0.2, -0.15) is 0 Å². The minimum absolute atomic E-state index is 0.00694. The average molecular weight is 155 g/mol. The van der Waals surface area contributed by atoms with Crippen molar-refractivity contribution in [2.24, 2.45) is 5.73 Å². The molecule has 2 aliphatic heterocycles. The van der Waals surface area contributed by atoms with Crippen LogP contribution < -0.4 is 5.73 Å². The Morgan fingerprint density at radius 1 is 1.45 bits per heavy atom. The Morgan fingerprint density at radius 3 is 3.00 bits per heavy atom. The third kappa shape index (κ3) is 1.09. The molecular formula is C9H17NO. The van der Waals surface area contributed by atoms with Gasteiger partial charge in [-0.25, -0.2) is 0 Å². The fourth-order valence-electron chi connectivity index (χ4n) is 2.34. The molecule has 2 fully saturated rings. The van der Waals surface area contributed by atoms with Crippen LogP contribution in [0.15, 0.2) is 0 Å². The molecule has 0 amide bonds. The fourth-order valence-corrected chi connectivity index (χ4v) is 2.34. The number of rotatable bonds is 1. The van der Waals surface area contributed by atoms with Crippen LogP contribution in [0, 0.1) is 0 Å². The number of fused-ring (bicyclic) bond motifs is 2. The van der Waals surface area contributed by atoms with Crippen molar-refractivity contribution in [2.75, 3.05) is 0 Å². The van der Waals surface area contributed by atoms with E-state index in [9.17, 15) is 0 Å². The Kier molecular flexibility index (Phi) is 1.69. The molecule has 0 aliphatic carbocycles. The van der Waals surface area contributed by atoms with Crippen LogP contribution in [0.25, 0.3) is 0 Å². The summed E-state index contributed by atoms with van der Waals surface area (Å²) in [5.41, 5.74) is 6.22. The first-order valence-electron chi connectivity index (χ1n) is 4.69. The predicted octanol–water partition coefficient (Wildman–Crippen LogP) is 1.44. The molecule has 0 spiro atoms. The van der Waals surface area contributed by atoms with Crippen LogP contribution in [0.3, 0.4) is 0 Å². The van der Waals surface area contributed by atoms with Gasteiger partial charge in [0.25, 0.3) is 0 Å². The Morgan fingerprint density at radius 2 is 2.27 bits per heavy atom. The van der Waals surface area contributed by atoms with Gasteiger partial charge in [-0.15, -0.1) is 0 Å². The number of nitrogens with two attached hydrogens (primary N) is 1. The lowest BCUT2D eigenvalue weighted by atomic mass is 9.85. The van der Waals surface area contributed by atoms with Crippen LogP contribution >= 0.6 is 0 Å². The van der Waals surface area contributed by atoms with Gasteiger partial charge < -0.3 is 10.5 Å². The number of ether oxygens (including phenoxy) is 1. The molecule has 2 heterocycles. The predicted molar refractivity (Wildman–Crippen MR) is 44.3 cm³/mol. The molecule has 3 unspecified atom stereocenters. The van der Waals surface area contributed by atoms with Gasteiger partial charge in [-0.05, 0) is 32.1 Å². The second-order valence-corrected chi connectivity index (χ2v) is 3.95. The van der Waals surface area contributed by atoms with E-state index in [-0.39, 0.29) is 5.54 Å². The Labute approximate surface area is 68.1 Å². The SMILES string of the molecule is CCC1(N)CCC2CCC1O2. The summed E-state index contributed by atoms with van der Waals surface area (Å²) in [6.07, 6.45) is 6.75. The van der Waals surface area contributed by atoms with E-state index in [1.807, 2.05) is 0 Å². The maximum Gasteiger partial charge on any atom is 0.0759 e. The normalized spacial score (nSPS) is 49.6. The molecule has 11 heavy (non-hydrogen) atoms. The molecule has 2 rings (SSSR count). The maximum absolute atomic E-state index is 6.21. The second kappa shape index (κ2) is 2.46. The van der Waals surface area contributed by atoms with Crippen molar-refractivity contribution in [1.82, 2.24) is 0 Å². The van der Waals surface area contributed by atoms with Gasteiger partial charge >= 0.3 is 0 Å². The Bertz CT molecular complexity index is 160. The molecule has 0 aromatic carbocycles. The molecule has 0 saturated carbocycles. The molecule has 0 radical (unpaired) electrons. The van der Waals surface area contributed by atoms with Crippen molar-refractivity contribution >= 4 is 0 Å². The molecule has 2 heteroatoms. The van der Waals surface area contributed by atoms with Crippen LogP contribution in [0.4, 0.5) is 0 Å². The summed E-state index contributed by atoms with van der Waals surface area (Å²) in [6.45, 7) is 2.17. The van der Waals surface area contributed by atoms with Crippen LogP contribution in [-0.4, -0.2) is 17.7 Å². The van der Waals surface area contributed by atoms with E-state index in [1.165, 1.54) is 25.7 Å². The van der Waals surface area contributed by atoms with E-state index in [1.54, 1.807) is 0 Å². The lowest BCUT2D eigenvalue weighted by Crippen LogP contribution is -2.52. The van der Waals surface area contributed by atoms with E-state index in [0.29, 0.717) is 12.2 Å². The standard InChI is InChI=1S/C9H17NO/c1-2-9(10)6-5-7-3-4-8(9)11-7/h7-8H,2-6,10H2,1H3. The van der Waals surface area contributed by atoms with Crippen molar-refractivity contribution < 1.29 is 4.74 Å². The average Bonchev–Trinajstić information content (AvgIpc) is 2.44. The molecule has 0 aromatic heterocycles. The highest BCUT2D eigenvalue weighted by Crippen LogP contribution is 2.39. The van der Waals surface area contributed by atoms with Crippen LogP contribution in [0.5, 0.6) is 0 Å². The lowest BCUT2D eigenvalue weighted by Gasteiger charge is -2.38. The molecule has 2 nitrogen and oxygen atoms in total. The monoisotopic (exact) mass is 155 g/mol. The first kappa shape index (κ1) is 7.56. The highest BCUT2D eigenvalue weighted by atomic mass is 16.5. The summed E-state index contributed by atoms with van der Waals surface area (Å²) in [4.78, 5) is 0. The highest BCUT2D eigenvalue weighted by Gasteiger charge is 2.44. The van der Waals surface area contributed by atoms with E-state index in [0.717, 1.165) is 6.42 Å². The van der Waals surface area contributed by atoms with Crippen LogP contribution in [-0.2, 0) is 4.74 Å². The van der Waals surface area contributed by atoms with Crippen molar-refractivity contribution in [2.45, 2.75) is 56.8 Å². The smallest absolute Gasteiger partial charge is 0.0759 e. The van der Waals surface area contributed by atoms with Gasteiger partial charge in [0.15, 0.2) is 0 Å². The second-order valence-electron chi connectivity index (χ2n) is 3.95. The summed E-state index contributed by atoms with van der Waals surface area (Å²) in [5.74, 6) is 0. The van der Waals surface area contributed by atoms with Crippen molar-refractivity contribution in [3.05, 3.63) is 0 Å². The van der Waals surface area contributed by atoms with Crippen LogP contribution in [0.1, 0.15) is 39.0 Å². The molecule has 0 aromatic rings. The van der Waals surface area contributed by atoms with Gasteiger partial charge in [-0.1, -0.05) is 6.92 Å². The van der Waals surface area contributed by atoms with Gasteiger partial charge in [0, 0.05) is 5.54 Å². The zero-order valence-corrected chi connectivity index (χ0v) is 7.18. The summed E-state index contributed by atoms with van der Waals surface area (Å²) in [7, 11) is 0. The first-order valence-corrected chi connectivity index (χ1v) is 4.69. The summed E-state index contributed by atoms with van der Waals surface area (Å²) < 4.78 is 5.78. The third-order valence-corrected chi connectivity index (χ3v) is 3.34. The van der Waals surface area contributed by atoms with Crippen LogP contribution in [0.2, 0.25) is 0 Å². The van der Waals surface area contributed by atoms with E-state index in [4.69, 9.17) is 10.5 Å².